The molecule has 0 aromatic rings. The van der Waals surface area contributed by atoms with Crippen LogP contribution in [0.4, 0.5) is 0 Å². The average molecular weight is 423 g/mol. The lowest BCUT2D eigenvalue weighted by molar-refractivity contribution is -0.106. The van der Waals surface area contributed by atoms with Gasteiger partial charge in [-0.3, -0.25) is 4.99 Å². The summed E-state index contributed by atoms with van der Waals surface area (Å²) in [5, 5.41) is 16.9. The van der Waals surface area contributed by atoms with E-state index in [-0.39, 0.29) is 35.5 Å². The minimum atomic E-state index is -0.150. The van der Waals surface area contributed by atoms with Crippen LogP contribution in [-0.2, 0) is 4.74 Å². The fourth-order valence-electron chi connectivity index (χ4n) is 4.44. The molecule has 2 saturated carbocycles. The normalized spacial score (nSPS) is 39.6. The molecule has 1 heterocycles. The highest BCUT2D eigenvalue weighted by molar-refractivity contribution is 14.0. The molecule has 0 spiro atoms. The lowest BCUT2D eigenvalue weighted by atomic mass is 9.57. The largest absolute Gasteiger partial charge is 0.393 e. The number of fused-ring (bicyclic) bond motifs is 1. The number of ether oxygens (including phenoxy) is 1. The fraction of sp³-hybridized carbons (Fsp3) is 0.938. The first-order valence-electron chi connectivity index (χ1n) is 8.31. The van der Waals surface area contributed by atoms with E-state index in [4.69, 9.17) is 4.74 Å². The highest BCUT2D eigenvalue weighted by atomic mass is 127. The smallest absolute Gasteiger partial charge is 0.191 e. The van der Waals surface area contributed by atoms with Crippen LogP contribution in [0.25, 0.3) is 0 Å². The summed E-state index contributed by atoms with van der Waals surface area (Å²) in [6, 6.07) is 0.421. The summed E-state index contributed by atoms with van der Waals surface area (Å²) in [6.07, 6.45) is 4.57. The highest BCUT2D eigenvalue weighted by Crippen LogP contribution is 2.52. The maximum atomic E-state index is 9.90. The van der Waals surface area contributed by atoms with Crippen molar-refractivity contribution in [3.63, 3.8) is 0 Å². The van der Waals surface area contributed by atoms with Gasteiger partial charge in [-0.1, -0.05) is 20.3 Å². The molecule has 5 unspecified atom stereocenters. The molecule has 3 aliphatic rings. The van der Waals surface area contributed by atoms with Gasteiger partial charge in [0.25, 0.3) is 0 Å². The number of aliphatic hydroxyl groups is 1. The van der Waals surface area contributed by atoms with E-state index >= 15 is 0 Å². The van der Waals surface area contributed by atoms with Gasteiger partial charge in [0.2, 0.25) is 0 Å². The van der Waals surface area contributed by atoms with E-state index in [0.717, 1.165) is 44.8 Å². The summed E-state index contributed by atoms with van der Waals surface area (Å²) in [5.74, 6) is 1.83. The van der Waals surface area contributed by atoms with E-state index in [1.165, 1.54) is 0 Å². The quantitative estimate of drug-likeness (QED) is 0.368. The molecule has 1 saturated heterocycles. The molecule has 128 valence electrons. The second-order valence-corrected chi connectivity index (χ2v) is 7.40. The van der Waals surface area contributed by atoms with Crippen LogP contribution in [0.15, 0.2) is 4.99 Å². The monoisotopic (exact) mass is 423 g/mol. The lowest BCUT2D eigenvalue weighted by Crippen LogP contribution is -2.68. The number of nitrogens with zero attached hydrogens (tertiary/aromatic N) is 1. The minimum absolute atomic E-state index is 0. The van der Waals surface area contributed by atoms with Gasteiger partial charge in [-0.15, -0.1) is 24.0 Å². The SMILES string of the molecule is CN=C(NCC1CCCC1O)NC1C2CCOC2C1(C)C.I. The van der Waals surface area contributed by atoms with Gasteiger partial charge in [0.15, 0.2) is 5.96 Å². The predicted molar refractivity (Wildman–Crippen MR) is 98.7 cm³/mol. The number of halogens is 1. The van der Waals surface area contributed by atoms with Crippen molar-refractivity contribution in [2.24, 2.45) is 22.2 Å². The van der Waals surface area contributed by atoms with Gasteiger partial charge in [0.05, 0.1) is 12.2 Å². The Morgan fingerprint density at radius 1 is 1.32 bits per heavy atom. The van der Waals surface area contributed by atoms with E-state index in [2.05, 4.69) is 29.5 Å². The molecular weight excluding hydrogens is 393 g/mol. The Morgan fingerprint density at radius 3 is 2.73 bits per heavy atom. The molecular formula is C16H30IN3O2. The number of guanidine groups is 1. The Balaban J connectivity index is 0.00000176. The van der Waals surface area contributed by atoms with Gasteiger partial charge in [0, 0.05) is 43.5 Å². The summed E-state index contributed by atoms with van der Waals surface area (Å²) in [4.78, 5) is 4.35. The van der Waals surface area contributed by atoms with Crippen molar-refractivity contribution in [3.8, 4) is 0 Å². The summed E-state index contributed by atoms with van der Waals surface area (Å²) in [6.45, 7) is 6.23. The van der Waals surface area contributed by atoms with Crippen LogP contribution < -0.4 is 10.6 Å². The maximum absolute atomic E-state index is 9.90. The van der Waals surface area contributed by atoms with Crippen LogP contribution in [-0.4, -0.2) is 49.5 Å². The summed E-state index contributed by atoms with van der Waals surface area (Å²) in [7, 11) is 1.81. The molecule has 1 aliphatic heterocycles. The van der Waals surface area contributed by atoms with Gasteiger partial charge in [-0.05, 0) is 19.3 Å². The fourth-order valence-corrected chi connectivity index (χ4v) is 4.44. The zero-order valence-electron chi connectivity index (χ0n) is 13.8. The third kappa shape index (κ3) is 3.24. The number of hydrogen-bond acceptors (Lipinski definition) is 3. The predicted octanol–water partition coefficient (Wildman–Crippen LogP) is 1.74. The molecule has 0 radical (unpaired) electrons. The first-order valence-corrected chi connectivity index (χ1v) is 8.31. The number of hydrogen-bond donors (Lipinski definition) is 3. The minimum Gasteiger partial charge on any atom is -0.393 e. The van der Waals surface area contributed by atoms with Crippen LogP contribution >= 0.6 is 24.0 Å². The Bertz CT molecular complexity index is 416. The van der Waals surface area contributed by atoms with Crippen molar-refractivity contribution < 1.29 is 9.84 Å². The van der Waals surface area contributed by atoms with Crippen molar-refractivity contribution >= 4 is 29.9 Å². The molecule has 6 heteroatoms. The maximum Gasteiger partial charge on any atom is 0.191 e. The third-order valence-electron chi connectivity index (χ3n) is 5.77. The summed E-state index contributed by atoms with van der Waals surface area (Å²) >= 11 is 0. The average Bonchev–Trinajstić information content (AvgIpc) is 3.07. The number of rotatable bonds is 3. The molecule has 0 bridgehead atoms. The Hall–Kier alpha value is -0.0800. The van der Waals surface area contributed by atoms with Crippen molar-refractivity contribution in [1.29, 1.82) is 0 Å². The van der Waals surface area contributed by atoms with Crippen LogP contribution in [0.2, 0.25) is 0 Å². The van der Waals surface area contributed by atoms with E-state index < -0.39 is 0 Å². The van der Waals surface area contributed by atoms with Gasteiger partial charge in [-0.2, -0.15) is 0 Å². The second kappa shape index (κ2) is 7.21. The first-order chi connectivity index (χ1) is 10.0. The molecule has 5 nitrogen and oxygen atoms in total. The van der Waals surface area contributed by atoms with E-state index in [9.17, 15) is 5.11 Å². The van der Waals surface area contributed by atoms with Gasteiger partial charge >= 0.3 is 0 Å². The second-order valence-electron chi connectivity index (χ2n) is 7.40. The third-order valence-corrected chi connectivity index (χ3v) is 5.77. The topological polar surface area (TPSA) is 65.9 Å². The number of aliphatic imine (C=N–C) groups is 1. The molecule has 22 heavy (non-hydrogen) atoms. The zero-order valence-corrected chi connectivity index (χ0v) is 16.2. The Kier molecular flexibility index (Phi) is 5.99. The lowest BCUT2D eigenvalue weighted by Gasteiger charge is -2.55. The molecule has 0 aromatic heterocycles. The Morgan fingerprint density at radius 2 is 2.09 bits per heavy atom. The summed E-state index contributed by atoms with van der Waals surface area (Å²) < 4.78 is 5.83. The standard InChI is InChI=1S/C16H29N3O2.HI/c1-16(2)13(11-7-8-21-14(11)16)19-15(17-3)18-9-10-5-4-6-12(10)20;/h10-14,20H,4-9H2,1-3H3,(H2,17,18,19);1H. The van der Waals surface area contributed by atoms with Gasteiger partial charge < -0.3 is 20.5 Å². The number of aliphatic hydroxyl groups excluding tert-OH is 1. The molecule has 3 N–H and O–H groups in total. The molecule has 5 atom stereocenters. The van der Waals surface area contributed by atoms with E-state index in [1.807, 2.05) is 7.05 Å². The van der Waals surface area contributed by atoms with Crippen molar-refractivity contribution in [3.05, 3.63) is 0 Å². The van der Waals surface area contributed by atoms with Gasteiger partial charge in [0.1, 0.15) is 0 Å². The van der Waals surface area contributed by atoms with Crippen LogP contribution in [0, 0.1) is 17.3 Å². The van der Waals surface area contributed by atoms with E-state index in [1.54, 1.807) is 0 Å². The molecule has 2 aliphatic carbocycles. The molecule has 0 amide bonds. The van der Waals surface area contributed by atoms with Crippen molar-refractivity contribution in [1.82, 2.24) is 10.6 Å². The van der Waals surface area contributed by atoms with Crippen LogP contribution in [0.1, 0.15) is 39.5 Å². The first kappa shape index (κ1) is 18.3. The molecule has 3 rings (SSSR count). The number of nitrogens with one attached hydrogen (secondary N) is 2. The zero-order chi connectivity index (χ0) is 15.0. The molecule has 3 fully saturated rings. The van der Waals surface area contributed by atoms with Gasteiger partial charge in [-0.25, -0.2) is 0 Å². The van der Waals surface area contributed by atoms with Crippen molar-refractivity contribution in [2.45, 2.75) is 57.8 Å². The highest BCUT2D eigenvalue weighted by Gasteiger charge is 2.59. The van der Waals surface area contributed by atoms with Crippen LogP contribution in [0.5, 0.6) is 0 Å². The van der Waals surface area contributed by atoms with Crippen molar-refractivity contribution in [2.75, 3.05) is 20.2 Å². The molecule has 0 aromatic carbocycles. The summed E-state index contributed by atoms with van der Waals surface area (Å²) in [5.41, 5.74) is 0.158. The Labute approximate surface area is 150 Å². The van der Waals surface area contributed by atoms with E-state index in [0.29, 0.717) is 24.0 Å². The van der Waals surface area contributed by atoms with Crippen LogP contribution in [0.3, 0.4) is 0 Å².